The molecule has 0 aliphatic rings. The van der Waals surface area contributed by atoms with Gasteiger partial charge in [0, 0.05) is 15.1 Å². The van der Waals surface area contributed by atoms with Crippen LogP contribution in [0.3, 0.4) is 0 Å². The summed E-state index contributed by atoms with van der Waals surface area (Å²) in [6.07, 6.45) is 1.47. The van der Waals surface area contributed by atoms with Crippen molar-refractivity contribution in [3.8, 4) is 11.5 Å². The Hall–Kier alpha value is -1.28. The molecule has 0 radical (unpaired) electrons. The van der Waals surface area contributed by atoms with Crippen molar-refractivity contribution in [1.82, 2.24) is 5.43 Å². The predicted octanol–water partition coefficient (Wildman–Crippen LogP) is 5.06. The molecule has 0 unspecified atom stereocenters. The van der Waals surface area contributed by atoms with Gasteiger partial charge in [-0.15, -0.1) is 0 Å². The minimum atomic E-state index is -0.435. The number of hydrazone groups is 1. The highest BCUT2D eigenvalue weighted by Gasteiger charge is 2.08. The van der Waals surface area contributed by atoms with Gasteiger partial charge in [-0.2, -0.15) is 5.10 Å². The first kappa shape index (κ1) is 20.0. The molecule has 2 rings (SSSR count). The smallest absolute Gasteiger partial charge is 0.277 e. The first-order chi connectivity index (χ1) is 11.9. The summed E-state index contributed by atoms with van der Waals surface area (Å²) in [5, 5.41) is 4.71. The van der Waals surface area contributed by atoms with E-state index < -0.39 is 5.91 Å². The number of rotatable bonds is 6. The fraction of sp³-hybridized carbons (Fsp3) is 0.125. The van der Waals surface area contributed by atoms with Gasteiger partial charge in [0.15, 0.2) is 6.61 Å². The topological polar surface area (TPSA) is 59.9 Å². The Kier molecular flexibility index (Phi) is 7.56. The fourth-order valence-corrected chi connectivity index (χ4v) is 3.72. The van der Waals surface area contributed by atoms with Crippen molar-refractivity contribution in [2.24, 2.45) is 5.10 Å². The number of hydrogen-bond donors (Lipinski definition) is 1. The van der Waals surface area contributed by atoms with Gasteiger partial charge in [-0.3, -0.25) is 4.79 Å². The van der Waals surface area contributed by atoms with Gasteiger partial charge in [-0.1, -0.05) is 39.1 Å². The summed E-state index contributed by atoms with van der Waals surface area (Å²) in [4.78, 5) is 11.8. The minimum absolute atomic E-state index is 0.238. The van der Waals surface area contributed by atoms with E-state index in [1.807, 2.05) is 12.1 Å². The molecule has 0 aromatic heterocycles. The van der Waals surface area contributed by atoms with E-state index in [-0.39, 0.29) is 6.61 Å². The summed E-state index contributed by atoms with van der Waals surface area (Å²) in [5.74, 6) is 0.531. The van der Waals surface area contributed by atoms with Crippen molar-refractivity contribution in [2.45, 2.75) is 0 Å². The molecule has 0 spiro atoms. The first-order valence-corrected chi connectivity index (χ1v) is 9.17. The largest absolute Gasteiger partial charge is 0.495 e. The highest BCUT2D eigenvalue weighted by molar-refractivity contribution is 9.11. The van der Waals surface area contributed by atoms with E-state index >= 15 is 0 Å². The Labute approximate surface area is 171 Å². The molecule has 0 bridgehead atoms. The number of halogens is 4. The number of nitrogens with zero attached hydrogens (tertiary/aromatic N) is 1. The molecule has 0 saturated carbocycles. The normalized spacial score (nSPS) is 10.8. The average molecular weight is 511 g/mol. The number of benzene rings is 2. The molecule has 25 heavy (non-hydrogen) atoms. The van der Waals surface area contributed by atoms with Crippen LogP contribution in [0, 0.1) is 0 Å². The van der Waals surface area contributed by atoms with Crippen LogP contribution >= 0.6 is 55.1 Å². The van der Waals surface area contributed by atoms with Crippen LogP contribution in [0.15, 0.2) is 44.4 Å². The van der Waals surface area contributed by atoms with Gasteiger partial charge in [0.2, 0.25) is 0 Å². The maximum atomic E-state index is 11.8. The lowest BCUT2D eigenvalue weighted by atomic mass is 10.2. The standard InChI is InChI=1S/C16H12Br2Cl2N2O3/c1-24-16-9(4-10(17)5-12(16)18)7-21-22-15(23)8-25-14-3-2-11(19)6-13(14)20/h2-7H,8H2,1H3,(H,22,23). The fourth-order valence-electron chi connectivity index (χ4n) is 1.83. The summed E-state index contributed by atoms with van der Waals surface area (Å²) in [7, 11) is 1.55. The third-order valence-electron chi connectivity index (χ3n) is 2.89. The molecular formula is C16H12Br2Cl2N2O3. The van der Waals surface area contributed by atoms with E-state index in [0.29, 0.717) is 27.1 Å². The number of hydrogen-bond acceptors (Lipinski definition) is 4. The van der Waals surface area contributed by atoms with Crippen LogP contribution in [0.1, 0.15) is 5.56 Å². The Morgan fingerprint density at radius 1 is 1.28 bits per heavy atom. The summed E-state index contributed by atoms with van der Waals surface area (Å²) in [5.41, 5.74) is 3.06. The quantitative estimate of drug-likeness (QED) is 0.437. The van der Waals surface area contributed by atoms with Gasteiger partial charge in [0.05, 0.1) is 22.8 Å². The zero-order valence-electron chi connectivity index (χ0n) is 12.9. The van der Waals surface area contributed by atoms with Gasteiger partial charge in [0.25, 0.3) is 5.91 Å². The molecule has 5 nitrogen and oxygen atoms in total. The number of amides is 1. The molecule has 0 saturated heterocycles. The molecule has 1 amide bonds. The molecule has 2 aromatic rings. The molecule has 2 aromatic carbocycles. The van der Waals surface area contributed by atoms with Crippen molar-refractivity contribution in [1.29, 1.82) is 0 Å². The number of nitrogens with one attached hydrogen (secondary N) is 1. The molecule has 0 aliphatic carbocycles. The lowest BCUT2D eigenvalue weighted by Gasteiger charge is -2.08. The maximum absolute atomic E-state index is 11.8. The van der Waals surface area contributed by atoms with Crippen molar-refractivity contribution in [3.63, 3.8) is 0 Å². The first-order valence-electron chi connectivity index (χ1n) is 6.83. The van der Waals surface area contributed by atoms with Crippen molar-refractivity contribution in [2.75, 3.05) is 13.7 Å². The minimum Gasteiger partial charge on any atom is -0.495 e. The third-order valence-corrected chi connectivity index (χ3v) is 4.46. The molecule has 0 heterocycles. The molecule has 0 aliphatic heterocycles. The molecule has 9 heteroatoms. The second-order valence-corrected chi connectivity index (χ2v) is 7.28. The summed E-state index contributed by atoms with van der Waals surface area (Å²) in [6, 6.07) is 8.40. The van der Waals surface area contributed by atoms with Crippen molar-refractivity contribution >= 4 is 67.2 Å². The third kappa shape index (κ3) is 5.88. The monoisotopic (exact) mass is 508 g/mol. The Morgan fingerprint density at radius 3 is 2.72 bits per heavy atom. The van der Waals surface area contributed by atoms with Crippen LogP contribution in [-0.4, -0.2) is 25.8 Å². The van der Waals surface area contributed by atoms with Crippen LogP contribution in [0.25, 0.3) is 0 Å². The van der Waals surface area contributed by atoms with Gasteiger partial charge in [0.1, 0.15) is 11.5 Å². The lowest BCUT2D eigenvalue weighted by Crippen LogP contribution is -2.24. The highest BCUT2D eigenvalue weighted by atomic mass is 79.9. The van der Waals surface area contributed by atoms with Crippen LogP contribution in [0.2, 0.25) is 10.0 Å². The summed E-state index contributed by atoms with van der Waals surface area (Å²) in [6.45, 7) is -0.238. The number of ether oxygens (including phenoxy) is 2. The van der Waals surface area contributed by atoms with Crippen LogP contribution < -0.4 is 14.9 Å². The second-order valence-electron chi connectivity index (χ2n) is 4.67. The van der Waals surface area contributed by atoms with Gasteiger partial charge in [-0.05, 0) is 46.3 Å². The van der Waals surface area contributed by atoms with E-state index in [1.165, 1.54) is 12.3 Å². The predicted molar refractivity (Wildman–Crippen MR) is 106 cm³/mol. The maximum Gasteiger partial charge on any atom is 0.277 e. The van der Waals surface area contributed by atoms with Crippen LogP contribution in [0.4, 0.5) is 0 Å². The lowest BCUT2D eigenvalue weighted by molar-refractivity contribution is -0.123. The van der Waals surface area contributed by atoms with Crippen molar-refractivity contribution < 1.29 is 14.3 Å². The van der Waals surface area contributed by atoms with Gasteiger partial charge in [-0.25, -0.2) is 5.43 Å². The molecule has 0 fully saturated rings. The highest BCUT2D eigenvalue weighted by Crippen LogP contribution is 2.31. The number of methoxy groups -OCH3 is 1. The number of carbonyl (C=O) groups is 1. The molecular weight excluding hydrogens is 499 g/mol. The second kappa shape index (κ2) is 9.43. The van der Waals surface area contributed by atoms with E-state index in [4.69, 9.17) is 32.7 Å². The van der Waals surface area contributed by atoms with E-state index in [1.54, 1.807) is 19.2 Å². The molecule has 132 valence electrons. The van der Waals surface area contributed by atoms with Gasteiger partial charge < -0.3 is 9.47 Å². The van der Waals surface area contributed by atoms with E-state index in [0.717, 1.165) is 8.95 Å². The Morgan fingerprint density at radius 2 is 2.04 bits per heavy atom. The SMILES string of the molecule is COc1c(Br)cc(Br)cc1C=NNC(=O)COc1ccc(Cl)cc1Cl. The summed E-state index contributed by atoms with van der Waals surface area (Å²) < 4.78 is 12.2. The average Bonchev–Trinajstić information content (AvgIpc) is 2.53. The van der Waals surface area contributed by atoms with Gasteiger partial charge >= 0.3 is 0 Å². The summed E-state index contributed by atoms with van der Waals surface area (Å²) >= 11 is 18.5. The van der Waals surface area contributed by atoms with Crippen LogP contribution in [-0.2, 0) is 4.79 Å². The van der Waals surface area contributed by atoms with Crippen molar-refractivity contribution in [3.05, 3.63) is 54.9 Å². The molecule has 0 atom stereocenters. The van der Waals surface area contributed by atoms with E-state index in [2.05, 4.69) is 42.4 Å². The Bertz CT molecular complexity index is 816. The number of carbonyl (C=O) groups excluding carboxylic acids is 1. The zero-order valence-corrected chi connectivity index (χ0v) is 17.5. The van der Waals surface area contributed by atoms with Crippen LogP contribution in [0.5, 0.6) is 11.5 Å². The van der Waals surface area contributed by atoms with E-state index in [9.17, 15) is 4.79 Å². The molecule has 1 N–H and O–H groups in total. The Balaban J connectivity index is 1.95. The zero-order chi connectivity index (χ0) is 18.4.